The van der Waals surface area contributed by atoms with Crippen molar-refractivity contribution in [1.82, 2.24) is 4.90 Å². The molecule has 0 aliphatic rings. The van der Waals surface area contributed by atoms with E-state index in [1.165, 1.54) is 0 Å². The van der Waals surface area contributed by atoms with Crippen LogP contribution in [0.15, 0.2) is 0 Å². The summed E-state index contributed by atoms with van der Waals surface area (Å²) in [5.41, 5.74) is 0. The zero-order valence-corrected chi connectivity index (χ0v) is 11.2. The largest absolute Gasteiger partial charge is 0.466 e. The third kappa shape index (κ3) is 6.94. The van der Waals surface area contributed by atoms with Crippen molar-refractivity contribution in [3.63, 3.8) is 0 Å². The Labute approximate surface area is 103 Å². The summed E-state index contributed by atoms with van der Waals surface area (Å²) in [6.45, 7) is 6.83. The molecule has 0 bridgehead atoms. The van der Waals surface area contributed by atoms with Crippen molar-refractivity contribution in [1.29, 1.82) is 0 Å². The van der Waals surface area contributed by atoms with E-state index >= 15 is 0 Å². The Hall–Kier alpha value is -1.10. The van der Waals surface area contributed by atoms with Crippen LogP contribution >= 0.6 is 0 Å². The minimum Gasteiger partial charge on any atom is -0.466 e. The molecule has 0 heterocycles. The molecule has 0 rings (SSSR count). The van der Waals surface area contributed by atoms with Crippen molar-refractivity contribution < 1.29 is 19.1 Å². The highest BCUT2D eigenvalue weighted by Gasteiger charge is 2.18. The SMILES string of the molecule is CCOC(=O)CCCN(C)[C@@H](C)C(=O)OCC. The number of ether oxygens (including phenoxy) is 2. The lowest BCUT2D eigenvalue weighted by atomic mass is 10.2. The molecule has 0 aliphatic heterocycles. The highest BCUT2D eigenvalue weighted by molar-refractivity contribution is 5.75. The molecule has 17 heavy (non-hydrogen) atoms. The summed E-state index contributed by atoms with van der Waals surface area (Å²) in [5.74, 6) is -0.421. The highest BCUT2D eigenvalue weighted by atomic mass is 16.5. The molecule has 5 nitrogen and oxygen atoms in total. The smallest absolute Gasteiger partial charge is 0.323 e. The van der Waals surface area contributed by atoms with Gasteiger partial charge in [-0.3, -0.25) is 14.5 Å². The number of rotatable bonds is 8. The summed E-state index contributed by atoms with van der Waals surface area (Å²) >= 11 is 0. The Morgan fingerprint density at radius 1 is 1.18 bits per heavy atom. The van der Waals surface area contributed by atoms with E-state index < -0.39 is 0 Å². The molecular formula is C12H23NO4. The van der Waals surface area contributed by atoms with Gasteiger partial charge in [-0.05, 0) is 40.8 Å². The van der Waals surface area contributed by atoms with Crippen LogP contribution < -0.4 is 0 Å². The average molecular weight is 245 g/mol. The lowest BCUT2D eigenvalue weighted by Gasteiger charge is -2.22. The Morgan fingerprint density at radius 2 is 1.76 bits per heavy atom. The summed E-state index contributed by atoms with van der Waals surface area (Å²) in [7, 11) is 1.84. The van der Waals surface area contributed by atoms with E-state index in [0.717, 1.165) is 0 Å². The van der Waals surface area contributed by atoms with E-state index in [1.54, 1.807) is 20.8 Å². The normalized spacial score (nSPS) is 12.3. The number of esters is 2. The average Bonchev–Trinajstić information content (AvgIpc) is 2.28. The first-order valence-electron chi connectivity index (χ1n) is 6.05. The molecule has 0 radical (unpaired) electrons. The van der Waals surface area contributed by atoms with Gasteiger partial charge >= 0.3 is 11.9 Å². The second-order valence-corrected chi connectivity index (χ2v) is 3.82. The van der Waals surface area contributed by atoms with Crippen LogP contribution in [0.3, 0.4) is 0 Å². The standard InChI is InChI=1S/C12H23NO4/c1-5-16-11(14)8-7-9-13(4)10(3)12(15)17-6-2/h10H,5-9H2,1-4H3/t10-/m0/s1. The van der Waals surface area contributed by atoms with E-state index in [-0.39, 0.29) is 18.0 Å². The van der Waals surface area contributed by atoms with Crippen molar-refractivity contribution in [2.75, 3.05) is 26.8 Å². The molecule has 0 aliphatic carbocycles. The molecule has 0 aromatic carbocycles. The molecule has 0 N–H and O–H groups in total. The van der Waals surface area contributed by atoms with E-state index in [2.05, 4.69) is 0 Å². The second kappa shape index (κ2) is 8.98. The number of nitrogens with zero attached hydrogens (tertiary/aromatic N) is 1. The van der Waals surface area contributed by atoms with Crippen molar-refractivity contribution in [2.24, 2.45) is 0 Å². The van der Waals surface area contributed by atoms with Gasteiger partial charge in [-0.25, -0.2) is 0 Å². The van der Waals surface area contributed by atoms with Crippen LogP contribution in [0.4, 0.5) is 0 Å². The molecule has 0 aromatic heterocycles. The summed E-state index contributed by atoms with van der Waals surface area (Å²) in [4.78, 5) is 24.4. The first-order chi connectivity index (χ1) is 8.02. The van der Waals surface area contributed by atoms with Crippen molar-refractivity contribution in [3.05, 3.63) is 0 Å². The lowest BCUT2D eigenvalue weighted by Crippen LogP contribution is -2.38. The molecule has 0 amide bonds. The lowest BCUT2D eigenvalue weighted by molar-refractivity contribution is -0.148. The Morgan fingerprint density at radius 3 is 2.29 bits per heavy atom. The maximum absolute atomic E-state index is 11.4. The number of carbonyl (C=O) groups excluding carboxylic acids is 2. The van der Waals surface area contributed by atoms with Gasteiger partial charge in [-0.2, -0.15) is 0 Å². The fraction of sp³-hybridized carbons (Fsp3) is 0.833. The predicted molar refractivity (Wildman–Crippen MR) is 64.6 cm³/mol. The van der Waals surface area contributed by atoms with Crippen LogP contribution in [0.25, 0.3) is 0 Å². The van der Waals surface area contributed by atoms with Gasteiger partial charge in [0, 0.05) is 6.42 Å². The summed E-state index contributed by atoms with van der Waals surface area (Å²) < 4.78 is 9.74. The van der Waals surface area contributed by atoms with Crippen molar-refractivity contribution in [2.45, 2.75) is 39.7 Å². The molecule has 0 aromatic rings. The highest BCUT2D eigenvalue weighted by Crippen LogP contribution is 2.02. The Balaban J connectivity index is 3.81. The Kier molecular flexibility index (Phi) is 8.40. The van der Waals surface area contributed by atoms with Crippen LogP contribution in [0.2, 0.25) is 0 Å². The summed E-state index contributed by atoms with van der Waals surface area (Å²) in [6.07, 6.45) is 1.06. The first kappa shape index (κ1) is 15.9. The third-order valence-corrected chi connectivity index (χ3v) is 2.49. The monoisotopic (exact) mass is 245 g/mol. The van der Waals surface area contributed by atoms with Gasteiger partial charge < -0.3 is 9.47 Å². The summed E-state index contributed by atoms with van der Waals surface area (Å²) in [5, 5.41) is 0. The number of carbonyl (C=O) groups is 2. The van der Waals surface area contributed by atoms with Crippen molar-refractivity contribution in [3.8, 4) is 0 Å². The molecule has 0 saturated carbocycles. The van der Waals surface area contributed by atoms with Crippen LogP contribution in [0, 0.1) is 0 Å². The first-order valence-corrected chi connectivity index (χ1v) is 6.05. The quantitative estimate of drug-likeness (QED) is 0.602. The maximum atomic E-state index is 11.4. The summed E-state index contributed by atoms with van der Waals surface area (Å²) in [6, 6.07) is -0.280. The number of hydrogen-bond acceptors (Lipinski definition) is 5. The van der Waals surface area contributed by atoms with Gasteiger partial charge in [-0.15, -0.1) is 0 Å². The van der Waals surface area contributed by atoms with Gasteiger partial charge in [0.15, 0.2) is 0 Å². The van der Waals surface area contributed by atoms with Gasteiger partial charge in [0.25, 0.3) is 0 Å². The predicted octanol–water partition coefficient (Wildman–Crippen LogP) is 1.21. The molecule has 0 fully saturated rings. The Bertz CT molecular complexity index is 243. The maximum Gasteiger partial charge on any atom is 0.323 e. The topological polar surface area (TPSA) is 55.8 Å². The fourth-order valence-corrected chi connectivity index (χ4v) is 1.34. The number of likely N-dealkylation sites (N-methyl/N-ethyl adjacent to an activating group) is 1. The second-order valence-electron chi connectivity index (χ2n) is 3.82. The van der Waals surface area contributed by atoms with E-state index in [0.29, 0.717) is 32.6 Å². The molecular weight excluding hydrogens is 222 g/mol. The van der Waals surface area contributed by atoms with Gasteiger partial charge in [-0.1, -0.05) is 0 Å². The fourth-order valence-electron chi connectivity index (χ4n) is 1.34. The molecule has 1 atom stereocenters. The number of hydrogen-bond donors (Lipinski definition) is 0. The molecule has 100 valence electrons. The van der Waals surface area contributed by atoms with E-state index in [9.17, 15) is 9.59 Å². The zero-order chi connectivity index (χ0) is 13.3. The molecule has 5 heteroatoms. The van der Waals surface area contributed by atoms with Crippen molar-refractivity contribution >= 4 is 11.9 Å². The van der Waals surface area contributed by atoms with Crippen LogP contribution in [0.1, 0.15) is 33.6 Å². The minimum atomic E-state index is -0.280. The van der Waals surface area contributed by atoms with Gasteiger partial charge in [0.1, 0.15) is 6.04 Å². The van der Waals surface area contributed by atoms with Gasteiger partial charge in [0.2, 0.25) is 0 Å². The van der Waals surface area contributed by atoms with E-state index in [4.69, 9.17) is 9.47 Å². The molecule has 0 spiro atoms. The zero-order valence-electron chi connectivity index (χ0n) is 11.2. The third-order valence-electron chi connectivity index (χ3n) is 2.49. The van der Waals surface area contributed by atoms with Crippen LogP contribution in [-0.4, -0.2) is 49.7 Å². The van der Waals surface area contributed by atoms with Crippen LogP contribution in [-0.2, 0) is 19.1 Å². The molecule has 0 unspecified atom stereocenters. The van der Waals surface area contributed by atoms with Crippen LogP contribution in [0.5, 0.6) is 0 Å². The van der Waals surface area contributed by atoms with E-state index in [1.807, 2.05) is 11.9 Å². The van der Waals surface area contributed by atoms with Gasteiger partial charge in [0.05, 0.1) is 13.2 Å². The molecule has 0 saturated heterocycles. The minimum absolute atomic E-state index is 0.190.